The molecule has 1 amide bonds. The number of aliphatic hydroxyl groups excluding tert-OH is 1. The Labute approximate surface area is 147 Å². The summed E-state index contributed by atoms with van der Waals surface area (Å²) in [7, 11) is 3.12. The Balaban J connectivity index is 3.24. The summed E-state index contributed by atoms with van der Waals surface area (Å²) in [4.78, 5) is 13.7. The summed E-state index contributed by atoms with van der Waals surface area (Å²) in [6, 6.07) is 5.34. The molecule has 5 nitrogen and oxygen atoms in total. The molecular weight excluding hydrogens is 330 g/mol. The highest BCUT2D eigenvalue weighted by Crippen LogP contribution is 2.27. The van der Waals surface area contributed by atoms with Crippen LogP contribution >= 0.6 is 11.6 Å². The normalized spacial score (nSPS) is 11.8. The van der Waals surface area contributed by atoms with E-state index in [2.05, 4.69) is 6.58 Å². The van der Waals surface area contributed by atoms with Gasteiger partial charge >= 0.3 is 0 Å². The zero-order valence-corrected chi connectivity index (χ0v) is 14.8. The maximum atomic E-state index is 12.3. The van der Waals surface area contributed by atoms with Gasteiger partial charge in [-0.05, 0) is 25.1 Å². The average molecular weight is 352 g/mol. The van der Waals surface area contributed by atoms with E-state index < -0.39 is 0 Å². The van der Waals surface area contributed by atoms with Gasteiger partial charge in [-0.3, -0.25) is 4.79 Å². The van der Waals surface area contributed by atoms with Crippen molar-refractivity contribution in [3.63, 3.8) is 0 Å². The number of benzene rings is 1. The standard InChI is InChI=1S/C18H22ClNO4/c1-5-14(9-15(21)6-2)20(18(22)11-19)12-13-7-8-16(23-3)10-17(13)24-4/h5-10,21H,2,11-12H2,1,3-4H3/b14-5+,15-9+. The highest BCUT2D eigenvalue weighted by molar-refractivity contribution is 6.27. The van der Waals surface area contributed by atoms with E-state index in [4.69, 9.17) is 21.1 Å². The van der Waals surface area contributed by atoms with E-state index in [1.165, 1.54) is 17.1 Å². The van der Waals surface area contributed by atoms with Crippen LogP contribution in [0.3, 0.4) is 0 Å². The van der Waals surface area contributed by atoms with Crippen molar-refractivity contribution >= 4 is 17.5 Å². The van der Waals surface area contributed by atoms with E-state index in [1.54, 1.807) is 39.4 Å². The lowest BCUT2D eigenvalue weighted by atomic mass is 10.1. The first-order valence-corrected chi connectivity index (χ1v) is 7.80. The van der Waals surface area contributed by atoms with Gasteiger partial charge in [-0.2, -0.15) is 0 Å². The molecule has 0 radical (unpaired) electrons. The van der Waals surface area contributed by atoms with Gasteiger partial charge in [0.05, 0.1) is 20.8 Å². The van der Waals surface area contributed by atoms with E-state index in [0.29, 0.717) is 17.2 Å². The molecule has 0 unspecified atom stereocenters. The molecular formula is C18H22ClNO4. The first-order chi connectivity index (χ1) is 11.5. The smallest absolute Gasteiger partial charge is 0.242 e. The van der Waals surface area contributed by atoms with E-state index in [1.807, 2.05) is 6.07 Å². The Morgan fingerprint density at radius 3 is 2.58 bits per heavy atom. The molecule has 0 heterocycles. The third kappa shape index (κ3) is 5.06. The van der Waals surface area contributed by atoms with Gasteiger partial charge in [-0.25, -0.2) is 0 Å². The number of amides is 1. The van der Waals surface area contributed by atoms with E-state index in [9.17, 15) is 9.90 Å². The predicted octanol–water partition coefficient (Wildman–Crippen LogP) is 3.80. The molecule has 130 valence electrons. The number of aliphatic hydroxyl groups is 1. The molecule has 24 heavy (non-hydrogen) atoms. The molecule has 0 saturated carbocycles. The highest BCUT2D eigenvalue weighted by Gasteiger charge is 2.18. The number of halogens is 1. The van der Waals surface area contributed by atoms with Crippen molar-refractivity contribution in [3.8, 4) is 11.5 Å². The van der Waals surface area contributed by atoms with Crippen LogP contribution in [0.25, 0.3) is 0 Å². The lowest BCUT2D eigenvalue weighted by Crippen LogP contribution is -2.30. The molecule has 1 aromatic carbocycles. The lowest BCUT2D eigenvalue weighted by Gasteiger charge is -2.24. The Kier molecular flexibility index (Phi) is 7.92. The minimum absolute atomic E-state index is 0.0443. The van der Waals surface area contributed by atoms with Crippen molar-refractivity contribution in [1.82, 2.24) is 4.90 Å². The van der Waals surface area contributed by atoms with Gasteiger partial charge in [-0.1, -0.05) is 12.7 Å². The predicted molar refractivity (Wildman–Crippen MR) is 95.5 cm³/mol. The Morgan fingerprint density at radius 1 is 1.38 bits per heavy atom. The number of methoxy groups -OCH3 is 2. The summed E-state index contributed by atoms with van der Waals surface area (Å²) in [6.07, 6.45) is 4.45. The third-order valence-corrected chi connectivity index (χ3v) is 3.58. The summed E-state index contributed by atoms with van der Waals surface area (Å²) >= 11 is 5.73. The maximum absolute atomic E-state index is 12.3. The summed E-state index contributed by atoms with van der Waals surface area (Å²) in [5.41, 5.74) is 1.29. The highest BCUT2D eigenvalue weighted by atomic mass is 35.5. The van der Waals surface area contributed by atoms with Crippen LogP contribution in [-0.2, 0) is 11.3 Å². The zero-order valence-electron chi connectivity index (χ0n) is 14.1. The van der Waals surface area contributed by atoms with Gasteiger partial charge in [0.1, 0.15) is 23.1 Å². The summed E-state index contributed by atoms with van der Waals surface area (Å²) in [5, 5.41) is 9.69. The molecule has 1 rings (SSSR count). The number of hydrogen-bond acceptors (Lipinski definition) is 4. The number of rotatable bonds is 8. The number of carbonyl (C=O) groups is 1. The molecule has 6 heteroatoms. The minimum atomic E-state index is -0.296. The van der Waals surface area contributed by atoms with Crippen LogP contribution in [0.4, 0.5) is 0 Å². The zero-order chi connectivity index (χ0) is 18.1. The van der Waals surface area contributed by atoms with Gasteiger partial charge in [0, 0.05) is 23.4 Å². The van der Waals surface area contributed by atoms with Crippen LogP contribution < -0.4 is 9.47 Å². The second-order valence-electron chi connectivity index (χ2n) is 4.78. The third-order valence-electron chi connectivity index (χ3n) is 3.35. The largest absolute Gasteiger partial charge is 0.508 e. The SMILES string of the molecule is C=C/C(O)=C\C(=C/C)N(Cc1ccc(OC)cc1OC)C(=O)CCl. The maximum Gasteiger partial charge on any atom is 0.242 e. The summed E-state index contributed by atoms with van der Waals surface area (Å²) < 4.78 is 10.5. The second kappa shape index (κ2) is 9.67. The monoisotopic (exact) mass is 351 g/mol. The van der Waals surface area contributed by atoms with Crippen molar-refractivity contribution in [2.45, 2.75) is 13.5 Å². The lowest BCUT2D eigenvalue weighted by molar-refractivity contribution is -0.126. The van der Waals surface area contributed by atoms with Crippen LogP contribution in [0.2, 0.25) is 0 Å². The number of carbonyl (C=O) groups excluding carboxylic acids is 1. The fourth-order valence-electron chi connectivity index (χ4n) is 2.08. The molecule has 1 aromatic rings. The number of ether oxygens (including phenoxy) is 2. The number of nitrogens with zero attached hydrogens (tertiary/aromatic N) is 1. The second-order valence-corrected chi connectivity index (χ2v) is 5.05. The van der Waals surface area contributed by atoms with Gasteiger partial charge in [0.15, 0.2) is 0 Å². The van der Waals surface area contributed by atoms with Crippen LogP contribution in [0.15, 0.2) is 54.5 Å². The van der Waals surface area contributed by atoms with Gasteiger partial charge in [0.25, 0.3) is 0 Å². The summed E-state index contributed by atoms with van der Waals surface area (Å²) in [5.74, 6) is 0.724. The number of hydrogen-bond donors (Lipinski definition) is 1. The van der Waals surface area contributed by atoms with Crippen LogP contribution in [0.1, 0.15) is 12.5 Å². The quantitative estimate of drug-likeness (QED) is 0.439. The van der Waals surface area contributed by atoms with Crippen molar-refractivity contribution in [2.75, 3.05) is 20.1 Å². The summed E-state index contributed by atoms with van der Waals surface area (Å²) in [6.45, 7) is 5.50. The van der Waals surface area contributed by atoms with Crippen molar-refractivity contribution in [3.05, 3.63) is 60.0 Å². The number of alkyl halides is 1. The molecule has 1 N–H and O–H groups in total. The van der Waals surface area contributed by atoms with Crippen molar-refractivity contribution < 1.29 is 19.4 Å². The van der Waals surface area contributed by atoms with Gasteiger partial charge < -0.3 is 19.5 Å². The topological polar surface area (TPSA) is 59.0 Å². The van der Waals surface area contributed by atoms with Crippen LogP contribution in [-0.4, -0.2) is 36.0 Å². The first-order valence-electron chi connectivity index (χ1n) is 7.27. The van der Waals surface area contributed by atoms with Crippen molar-refractivity contribution in [2.24, 2.45) is 0 Å². The van der Waals surface area contributed by atoms with Gasteiger partial charge in [-0.15, -0.1) is 11.6 Å². The minimum Gasteiger partial charge on any atom is -0.508 e. The molecule has 0 fully saturated rings. The van der Waals surface area contributed by atoms with Crippen molar-refractivity contribution in [1.29, 1.82) is 0 Å². The molecule has 0 aliphatic carbocycles. The Bertz CT molecular complexity index is 652. The molecule has 0 aliphatic rings. The number of allylic oxidation sites excluding steroid dienone is 3. The van der Waals surface area contributed by atoms with Crippen LogP contribution in [0.5, 0.6) is 11.5 Å². The Hall–Kier alpha value is -2.40. The van der Waals surface area contributed by atoms with E-state index in [0.717, 1.165) is 5.56 Å². The van der Waals surface area contributed by atoms with E-state index >= 15 is 0 Å². The fraction of sp³-hybridized carbons (Fsp3) is 0.278. The van der Waals surface area contributed by atoms with E-state index in [-0.39, 0.29) is 24.1 Å². The molecule has 0 atom stereocenters. The Morgan fingerprint density at radius 2 is 2.08 bits per heavy atom. The molecule has 0 saturated heterocycles. The molecule has 0 aromatic heterocycles. The molecule has 0 bridgehead atoms. The average Bonchev–Trinajstić information content (AvgIpc) is 2.63. The first kappa shape index (κ1) is 19.6. The molecule has 0 spiro atoms. The van der Waals surface area contributed by atoms with Gasteiger partial charge in [0.2, 0.25) is 5.91 Å². The molecule has 0 aliphatic heterocycles. The van der Waals surface area contributed by atoms with Crippen LogP contribution in [0, 0.1) is 0 Å². The fourth-order valence-corrected chi connectivity index (χ4v) is 2.22.